The number of aromatic nitrogens is 3. The van der Waals surface area contributed by atoms with E-state index in [2.05, 4.69) is 10.1 Å². The Bertz CT molecular complexity index is 1190. The first-order valence-electron chi connectivity index (χ1n) is 8.31. The summed E-state index contributed by atoms with van der Waals surface area (Å²) in [4.78, 5) is 16.3. The number of hydrogen-bond donors (Lipinski definition) is 0. The van der Waals surface area contributed by atoms with Gasteiger partial charge in [0.1, 0.15) is 0 Å². The van der Waals surface area contributed by atoms with E-state index >= 15 is 0 Å². The average Bonchev–Trinajstić information content (AvgIpc) is 3.24. The summed E-state index contributed by atoms with van der Waals surface area (Å²) in [5, 5.41) is 3.94. The lowest BCUT2D eigenvalue weighted by Gasteiger charge is -2.04. The van der Waals surface area contributed by atoms with Crippen molar-refractivity contribution in [2.45, 2.75) is 19.9 Å². The largest absolute Gasteiger partial charge is 0.494 e. The van der Waals surface area contributed by atoms with Crippen LogP contribution < -0.4 is 10.5 Å². The van der Waals surface area contributed by atoms with E-state index in [1.54, 1.807) is 28.8 Å². The van der Waals surface area contributed by atoms with Crippen LogP contribution in [-0.2, 0) is 0 Å². The summed E-state index contributed by atoms with van der Waals surface area (Å²) in [7, 11) is 1.39. The first kappa shape index (κ1) is 17.0. The molecule has 138 valence electrons. The summed E-state index contributed by atoms with van der Waals surface area (Å²) in [6.07, 6.45) is 0. The molecule has 0 aliphatic carbocycles. The van der Waals surface area contributed by atoms with E-state index in [4.69, 9.17) is 13.7 Å². The van der Waals surface area contributed by atoms with Crippen LogP contribution in [0.15, 0.2) is 50.1 Å². The average molecular weight is 369 g/mol. The van der Waals surface area contributed by atoms with Crippen molar-refractivity contribution in [3.05, 3.63) is 52.8 Å². The maximum Gasteiger partial charge on any atom is 0.420 e. The van der Waals surface area contributed by atoms with Gasteiger partial charge in [0.15, 0.2) is 17.1 Å². The van der Waals surface area contributed by atoms with Crippen molar-refractivity contribution in [3.8, 4) is 28.6 Å². The molecule has 2 heterocycles. The molecular weight excluding hydrogens is 353 g/mol. The highest BCUT2D eigenvalue weighted by molar-refractivity contribution is 5.79. The minimum atomic E-state index is -0.520. The maximum atomic E-state index is 13.9. The molecule has 2 aromatic heterocycles. The van der Waals surface area contributed by atoms with E-state index in [-0.39, 0.29) is 17.7 Å². The van der Waals surface area contributed by atoms with Crippen LogP contribution in [0.2, 0.25) is 0 Å². The molecule has 4 aromatic rings. The number of rotatable bonds is 4. The lowest BCUT2D eigenvalue weighted by molar-refractivity contribution is 0.386. The van der Waals surface area contributed by atoms with Crippen molar-refractivity contribution in [2.24, 2.45) is 0 Å². The Hall–Kier alpha value is -3.42. The van der Waals surface area contributed by atoms with Gasteiger partial charge >= 0.3 is 5.76 Å². The summed E-state index contributed by atoms with van der Waals surface area (Å²) < 4.78 is 30.9. The van der Waals surface area contributed by atoms with Crippen LogP contribution >= 0.6 is 0 Å². The van der Waals surface area contributed by atoms with Crippen molar-refractivity contribution in [1.29, 1.82) is 0 Å². The molecule has 0 fully saturated rings. The zero-order valence-corrected chi connectivity index (χ0v) is 14.9. The van der Waals surface area contributed by atoms with E-state index in [0.717, 1.165) is 0 Å². The Morgan fingerprint density at radius 3 is 2.63 bits per heavy atom. The number of hydrogen-bond acceptors (Lipinski definition) is 6. The molecular formula is C19H16FN3O4. The van der Waals surface area contributed by atoms with Crippen LogP contribution in [0.4, 0.5) is 4.39 Å². The van der Waals surface area contributed by atoms with Crippen LogP contribution in [0, 0.1) is 5.82 Å². The predicted octanol–water partition coefficient (Wildman–Crippen LogP) is 4.04. The third-order valence-corrected chi connectivity index (χ3v) is 4.21. The molecule has 4 rings (SSSR count). The Balaban J connectivity index is 1.73. The molecule has 0 spiro atoms. The van der Waals surface area contributed by atoms with E-state index in [1.807, 2.05) is 13.8 Å². The summed E-state index contributed by atoms with van der Waals surface area (Å²) in [5.74, 6) is -0.322. The third-order valence-electron chi connectivity index (χ3n) is 4.21. The number of benzene rings is 2. The number of fused-ring (bicyclic) bond motifs is 1. The van der Waals surface area contributed by atoms with Crippen molar-refractivity contribution < 1.29 is 18.1 Å². The second kappa shape index (κ2) is 6.39. The molecule has 0 aliphatic rings. The second-order valence-electron chi connectivity index (χ2n) is 6.29. The van der Waals surface area contributed by atoms with E-state index in [1.165, 1.54) is 19.2 Å². The number of oxazole rings is 1. The highest BCUT2D eigenvalue weighted by Crippen LogP contribution is 2.28. The normalized spacial score (nSPS) is 11.4. The fourth-order valence-corrected chi connectivity index (χ4v) is 2.92. The van der Waals surface area contributed by atoms with E-state index < -0.39 is 11.6 Å². The predicted molar refractivity (Wildman–Crippen MR) is 96.1 cm³/mol. The Kier molecular flexibility index (Phi) is 4.02. The standard InChI is InChI=1S/C19H16FN3O4/c1-10(2)23-14-6-4-11(9-16(14)26-19(23)24)17-21-18(27-22-17)12-5-7-15(25-3)13(20)8-12/h4-10H,1-3H3. The zero-order chi connectivity index (χ0) is 19.1. The molecule has 0 aliphatic heterocycles. The molecule has 7 nitrogen and oxygen atoms in total. The van der Waals surface area contributed by atoms with E-state index in [9.17, 15) is 9.18 Å². The number of halogens is 1. The van der Waals surface area contributed by atoms with Gasteiger partial charge in [-0.1, -0.05) is 5.16 Å². The molecule has 0 saturated carbocycles. The Morgan fingerprint density at radius 1 is 1.15 bits per heavy atom. The molecule has 0 radical (unpaired) electrons. The van der Waals surface area contributed by atoms with Crippen molar-refractivity contribution in [2.75, 3.05) is 7.11 Å². The molecule has 0 unspecified atom stereocenters. The topological polar surface area (TPSA) is 83.3 Å². The lowest BCUT2D eigenvalue weighted by Crippen LogP contribution is -2.15. The molecule has 0 bridgehead atoms. The van der Waals surface area contributed by atoms with Gasteiger partial charge in [-0.2, -0.15) is 4.98 Å². The summed E-state index contributed by atoms with van der Waals surface area (Å²) in [6, 6.07) is 9.60. The maximum absolute atomic E-state index is 13.9. The smallest absolute Gasteiger partial charge is 0.420 e. The molecule has 0 amide bonds. The Morgan fingerprint density at radius 2 is 1.93 bits per heavy atom. The van der Waals surface area contributed by atoms with Crippen LogP contribution in [0.1, 0.15) is 19.9 Å². The monoisotopic (exact) mass is 369 g/mol. The quantitative estimate of drug-likeness (QED) is 0.540. The highest BCUT2D eigenvalue weighted by Gasteiger charge is 2.16. The van der Waals surface area contributed by atoms with Gasteiger partial charge in [0.2, 0.25) is 5.82 Å². The number of ether oxygens (including phenoxy) is 1. The Labute approximate surface area is 153 Å². The third kappa shape index (κ3) is 2.88. The molecule has 0 saturated heterocycles. The fourth-order valence-electron chi connectivity index (χ4n) is 2.92. The van der Waals surface area contributed by atoms with E-state index in [0.29, 0.717) is 28.1 Å². The summed E-state index contributed by atoms with van der Waals surface area (Å²) in [6.45, 7) is 3.81. The minimum Gasteiger partial charge on any atom is -0.494 e. The second-order valence-corrected chi connectivity index (χ2v) is 6.29. The molecule has 27 heavy (non-hydrogen) atoms. The fraction of sp³-hybridized carbons (Fsp3) is 0.211. The molecule has 0 N–H and O–H groups in total. The summed E-state index contributed by atoms with van der Waals surface area (Å²) >= 11 is 0. The van der Waals surface area contributed by atoms with Gasteiger partial charge in [0, 0.05) is 17.2 Å². The highest BCUT2D eigenvalue weighted by atomic mass is 19.1. The first-order chi connectivity index (χ1) is 13.0. The van der Waals surface area contributed by atoms with Crippen LogP contribution in [-0.4, -0.2) is 21.8 Å². The summed E-state index contributed by atoms with van der Waals surface area (Å²) in [5.41, 5.74) is 2.19. The van der Waals surface area contributed by atoms with Crippen molar-refractivity contribution in [1.82, 2.24) is 14.7 Å². The van der Waals surface area contributed by atoms with Crippen molar-refractivity contribution >= 4 is 11.1 Å². The van der Waals surface area contributed by atoms with Gasteiger partial charge < -0.3 is 13.7 Å². The first-order valence-corrected chi connectivity index (χ1v) is 8.31. The minimum absolute atomic E-state index is 0.0219. The van der Waals surface area contributed by atoms with Gasteiger partial charge in [-0.3, -0.25) is 4.57 Å². The van der Waals surface area contributed by atoms with Gasteiger partial charge in [-0.15, -0.1) is 0 Å². The number of nitrogens with zero attached hydrogens (tertiary/aromatic N) is 3. The van der Waals surface area contributed by atoms with Gasteiger partial charge in [0.25, 0.3) is 5.89 Å². The van der Waals surface area contributed by atoms with Crippen molar-refractivity contribution in [3.63, 3.8) is 0 Å². The van der Waals surface area contributed by atoms with Crippen LogP contribution in [0.5, 0.6) is 5.75 Å². The number of methoxy groups -OCH3 is 1. The molecule has 8 heteroatoms. The lowest BCUT2D eigenvalue weighted by atomic mass is 10.2. The van der Waals surface area contributed by atoms with Gasteiger partial charge in [-0.25, -0.2) is 9.18 Å². The van der Waals surface area contributed by atoms with Crippen LogP contribution in [0.3, 0.4) is 0 Å². The molecule has 2 aromatic carbocycles. The SMILES string of the molecule is COc1ccc(-c2nc(-c3ccc4c(c3)oc(=O)n4C(C)C)no2)cc1F. The van der Waals surface area contributed by atoms with Gasteiger partial charge in [-0.05, 0) is 50.2 Å². The zero-order valence-electron chi connectivity index (χ0n) is 14.9. The molecule has 0 atom stereocenters. The van der Waals surface area contributed by atoms with Gasteiger partial charge in [0.05, 0.1) is 12.6 Å². The van der Waals surface area contributed by atoms with Crippen LogP contribution in [0.25, 0.3) is 33.9 Å².